The van der Waals surface area contributed by atoms with Gasteiger partial charge in [0, 0.05) is 4.90 Å². The molecule has 0 unspecified atom stereocenters. The van der Waals surface area contributed by atoms with Crippen molar-refractivity contribution >= 4 is 31.5 Å². The van der Waals surface area contributed by atoms with E-state index in [1.165, 1.54) is 0 Å². The summed E-state index contributed by atoms with van der Waals surface area (Å²) in [5, 5.41) is 8.72. The van der Waals surface area contributed by atoms with Crippen molar-refractivity contribution in [3.05, 3.63) is 24.3 Å². The third-order valence-electron chi connectivity index (χ3n) is 0.850. The molecule has 0 atom stereocenters. The molecular weight excluding hydrogens is 127 g/mol. The van der Waals surface area contributed by atoms with Gasteiger partial charge < -0.3 is 5.11 Å². The van der Waals surface area contributed by atoms with Gasteiger partial charge in [-0.2, -0.15) is 0 Å². The third-order valence-corrected chi connectivity index (χ3v) is 1.15. The van der Waals surface area contributed by atoms with E-state index in [9.17, 15) is 0 Å². The first-order valence-corrected chi connectivity index (χ1v) is 2.72. The summed E-state index contributed by atoms with van der Waals surface area (Å²) in [6.45, 7) is 0. The van der Waals surface area contributed by atoms with Crippen molar-refractivity contribution in [2.75, 3.05) is 0 Å². The number of benzene rings is 1. The predicted octanol–water partition coefficient (Wildman–Crippen LogP) is 1.03. The van der Waals surface area contributed by atoms with Gasteiger partial charge in [0.1, 0.15) is 5.75 Å². The van der Waals surface area contributed by atoms with Crippen LogP contribution in [0.1, 0.15) is 0 Å². The summed E-state index contributed by atoms with van der Waals surface area (Å²) in [4.78, 5) is 0.864. The second-order valence-corrected chi connectivity index (χ2v) is 2.03. The van der Waals surface area contributed by atoms with E-state index in [0.717, 1.165) is 4.90 Å². The van der Waals surface area contributed by atoms with Crippen molar-refractivity contribution in [3.63, 3.8) is 0 Å². The van der Waals surface area contributed by atoms with Gasteiger partial charge in [-0.05, 0) is 24.3 Å². The first-order valence-electron chi connectivity index (χ1n) is 2.27. The van der Waals surface area contributed by atoms with Crippen LogP contribution in [-0.2, 0) is 0 Å². The van der Waals surface area contributed by atoms with Gasteiger partial charge in [-0.3, -0.25) is 0 Å². The molecule has 0 aromatic heterocycles. The van der Waals surface area contributed by atoms with Crippen LogP contribution in [0.5, 0.6) is 5.75 Å². The van der Waals surface area contributed by atoms with Crippen LogP contribution < -0.4 is 0 Å². The first kappa shape index (κ1) is 8.97. The molecule has 0 radical (unpaired) electrons. The van der Waals surface area contributed by atoms with Crippen LogP contribution in [-0.4, -0.2) is 24.0 Å². The maximum absolute atomic E-state index is 8.72. The summed E-state index contributed by atoms with van der Waals surface area (Å²) in [5.74, 6) is 0.280. The van der Waals surface area contributed by atoms with Crippen molar-refractivity contribution in [3.8, 4) is 5.75 Å². The first-order chi connectivity index (χ1) is 3.79. The van der Waals surface area contributed by atoms with Crippen molar-refractivity contribution in [2.24, 2.45) is 0 Å². The molecule has 1 aromatic rings. The van der Waals surface area contributed by atoms with Gasteiger partial charge in [0.15, 0.2) is 0 Å². The van der Waals surface area contributed by atoms with Gasteiger partial charge in [-0.25, -0.2) is 0 Å². The summed E-state index contributed by atoms with van der Waals surface area (Å²) < 4.78 is 0. The number of phenolic OH excluding ortho intramolecular Hbond substituents is 1. The molecule has 0 aliphatic carbocycles. The Morgan fingerprint density at radius 3 is 1.89 bits per heavy atom. The van der Waals surface area contributed by atoms with Crippen molar-refractivity contribution in [1.82, 2.24) is 0 Å². The van der Waals surface area contributed by atoms with Crippen molar-refractivity contribution in [1.29, 1.82) is 0 Å². The molecule has 0 fully saturated rings. The van der Waals surface area contributed by atoms with Gasteiger partial charge in [-0.1, -0.05) is 0 Å². The van der Waals surface area contributed by atoms with Crippen molar-refractivity contribution in [2.45, 2.75) is 4.90 Å². The van der Waals surface area contributed by atoms with Gasteiger partial charge >= 0.3 is 18.9 Å². The molecular formula is C6H7LiOS. The molecule has 1 aromatic carbocycles. The fourth-order valence-corrected chi connectivity index (χ4v) is 0.602. The molecule has 3 heteroatoms. The molecule has 44 valence electrons. The minimum absolute atomic E-state index is 0. The number of rotatable bonds is 0. The Hall–Kier alpha value is -0.0326. The fraction of sp³-hybridized carbons (Fsp3) is 0. The summed E-state index contributed by atoms with van der Waals surface area (Å²) >= 11 is 4.02. The molecule has 0 bridgehead atoms. The van der Waals surface area contributed by atoms with E-state index in [1.807, 2.05) is 0 Å². The Morgan fingerprint density at radius 1 is 1.11 bits per heavy atom. The number of hydrogen-bond donors (Lipinski definition) is 2. The number of aromatic hydroxyl groups is 1. The van der Waals surface area contributed by atoms with Crippen LogP contribution in [0.15, 0.2) is 29.2 Å². The molecule has 0 spiro atoms. The molecule has 0 saturated carbocycles. The van der Waals surface area contributed by atoms with Crippen LogP contribution in [0.3, 0.4) is 0 Å². The Morgan fingerprint density at radius 2 is 1.56 bits per heavy atom. The van der Waals surface area contributed by atoms with Gasteiger partial charge in [0.2, 0.25) is 0 Å². The van der Waals surface area contributed by atoms with Crippen LogP contribution >= 0.6 is 12.6 Å². The van der Waals surface area contributed by atoms with Crippen LogP contribution in [0.25, 0.3) is 0 Å². The number of phenols is 1. The summed E-state index contributed by atoms with van der Waals surface area (Å²) in [7, 11) is 0. The molecule has 0 amide bonds. The molecule has 1 rings (SSSR count). The molecule has 1 N–H and O–H groups in total. The Kier molecular flexibility index (Phi) is 3.88. The normalized spacial score (nSPS) is 8.11. The average Bonchev–Trinajstić information content (AvgIpc) is 1.77. The van der Waals surface area contributed by atoms with Gasteiger partial charge in [0.25, 0.3) is 0 Å². The van der Waals surface area contributed by atoms with Crippen LogP contribution in [0.4, 0.5) is 0 Å². The standard InChI is InChI=1S/C6H6OS.Li.H/c7-5-1-3-6(8)4-2-5;;/h1-4,7-8H;;. The van der Waals surface area contributed by atoms with Crippen LogP contribution in [0, 0.1) is 0 Å². The molecule has 0 aliphatic heterocycles. The SMILES string of the molecule is Oc1ccc(S)cc1.[LiH]. The van der Waals surface area contributed by atoms with E-state index in [1.54, 1.807) is 24.3 Å². The quantitative estimate of drug-likeness (QED) is 0.401. The molecule has 0 saturated heterocycles. The average molecular weight is 134 g/mol. The molecule has 9 heavy (non-hydrogen) atoms. The Bertz CT molecular complexity index is 152. The second-order valence-electron chi connectivity index (χ2n) is 1.52. The number of hydrogen-bond acceptors (Lipinski definition) is 2. The molecule has 0 heterocycles. The third kappa shape index (κ3) is 2.86. The summed E-state index contributed by atoms with van der Waals surface area (Å²) in [5.41, 5.74) is 0. The topological polar surface area (TPSA) is 20.2 Å². The van der Waals surface area contributed by atoms with E-state index in [0.29, 0.717) is 0 Å². The van der Waals surface area contributed by atoms with E-state index >= 15 is 0 Å². The van der Waals surface area contributed by atoms with E-state index in [4.69, 9.17) is 5.11 Å². The molecule has 1 nitrogen and oxygen atoms in total. The predicted molar refractivity (Wildman–Crippen MR) is 42.5 cm³/mol. The van der Waals surface area contributed by atoms with Crippen LogP contribution in [0.2, 0.25) is 0 Å². The Balaban J connectivity index is 0.000000640. The van der Waals surface area contributed by atoms with Crippen molar-refractivity contribution < 1.29 is 5.11 Å². The second kappa shape index (κ2) is 3.89. The zero-order valence-corrected chi connectivity index (χ0v) is 5.10. The van der Waals surface area contributed by atoms with Gasteiger partial charge in [-0.15, -0.1) is 12.6 Å². The zero-order chi connectivity index (χ0) is 5.98. The minimum atomic E-state index is 0. The zero-order valence-electron chi connectivity index (χ0n) is 4.20. The van der Waals surface area contributed by atoms with Gasteiger partial charge in [0.05, 0.1) is 0 Å². The number of thiol groups is 1. The summed E-state index contributed by atoms with van der Waals surface area (Å²) in [6.07, 6.45) is 0. The Labute approximate surface area is 71.7 Å². The van der Waals surface area contributed by atoms with E-state index < -0.39 is 0 Å². The fourth-order valence-electron chi connectivity index (χ4n) is 0.453. The molecule has 0 aliphatic rings. The summed E-state index contributed by atoms with van der Waals surface area (Å²) in [6, 6.07) is 6.67. The van der Waals surface area contributed by atoms with E-state index in [2.05, 4.69) is 12.6 Å². The monoisotopic (exact) mass is 134 g/mol. The maximum atomic E-state index is 8.72. The van der Waals surface area contributed by atoms with E-state index in [-0.39, 0.29) is 24.6 Å².